The lowest BCUT2D eigenvalue weighted by atomic mass is 10.1. The lowest BCUT2D eigenvalue weighted by molar-refractivity contribution is 0.227. The van der Waals surface area contributed by atoms with E-state index in [4.69, 9.17) is 16.3 Å². The first-order valence-corrected chi connectivity index (χ1v) is 7.30. The molecule has 2 aromatic rings. The normalized spacial score (nSPS) is 16.8. The van der Waals surface area contributed by atoms with Gasteiger partial charge in [-0.15, -0.1) is 0 Å². The second-order valence-electron chi connectivity index (χ2n) is 5.32. The summed E-state index contributed by atoms with van der Waals surface area (Å²) in [7, 11) is 0. The highest BCUT2D eigenvalue weighted by Crippen LogP contribution is 2.29. The molecule has 1 N–H and O–H groups in total. The summed E-state index contributed by atoms with van der Waals surface area (Å²) < 4.78 is 5.94. The van der Waals surface area contributed by atoms with Gasteiger partial charge in [-0.1, -0.05) is 41.4 Å². The molecule has 104 valence electrons. The molecule has 1 heterocycles. The zero-order valence-electron chi connectivity index (χ0n) is 11.5. The van der Waals surface area contributed by atoms with Crippen LogP contribution in [-0.2, 0) is 13.0 Å². The fourth-order valence-corrected chi connectivity index (χ4v) is 2.80. The van der Waals surface area contributed by atoms with Crippen molar-refractivity contribution in [2.45, 2.75) is 26.0 Å². The Hall–Kier alpha value is -1.51. The molecule has 20 heavy (non-hydrogen) atoms. The van der Waals surface area contributed by atoms with Crippen molar-refractivity contribution in [3.8, 4) is 5.75 Å². The molecule has 2 aromatic carbocycles. The first kappa shape index (κ1) is 13.5. The first-order valence-electron chi connectivity index (χ1n) is 6.92. The molecule has 0 bridgehead atoms. The van der Waals surface area contributed by atoms with Gasteiger partial charge in [-0.25, -0.2) is 0 Å². The number of fused-ring (bicyclic) bond motifs is 1. The summed E-state index contributed by atoms with van der Waals surface area (Å²) in [6.45, 7) is 3.78. The summed E-state index contributed by atoms with van der Waals surface area (Å²) in [5.74, 6) is 1.03. The number of benzene rings is 2. The van der Waals surface area contributed by atoms with Crippen LogP contribution in [0.3, 0.4) is 0 Å². The SMILES string of the molecule is Cc1ccc2c(c1)CC(CNCc1cccc(Cl)c1)O2. The summed E-state index contributed by atoms with van der Waals surface area (Å²) >= 11 is 5.97. The van der Waals surface area contributed by atoms with Gasteiger partial charge in [0.2, 0.25) is 0 Å². The molecule has 1 aliphatic heterocycles. The number of nitrogens with one attached hydrogen (secondary N) is 1. The zero-order chi connectivity index (χ0) is 13.9. The van der Waals surface area contributed by atoms with Gasteiger partial charge in [0.15, 0.2) is 0 Å². The van der Waals surface area contributed by atoms with Crippen molar-refractivity contribution < 1.29 is 4.74 Å². The molecule has 0 radical (unpaired) electrons. The van der Waals surface area contributed by atoms with Gasteiger partial charge in [0.05, 0.1) is 0 Å². The van der Waals surface area contributed by atoms with Crippen molar-refractivity contribution >= 4 is 11.6 Å². The summed E-state index contributed by atoms with van der Waals surface area (Å²) in [6, 6.07) is 14.3. The van der Waals surface area contributed by atoms with Crippen LogP contribution in [-0.4, -0.2) is 12.6 Å². The highest BCUT2D eigenvalue weighted by Gasteiger charge is 2.22. The molecule has 1 unspecified atom stereocenters. The van der Waals surface area contributed by atoms with Gasteiger partial charge in [0.25, 0.3) is 0 Å². The van der Waals surface area contributed by atoms with Crippen molar-refractivity contribution in [3.63, 3.8) is 0 Å². The molecule has 0 amide bonds. The Labute approximate surface area is 124 Å². The molecule has 0 spiro atoms. The molecular formula is C17H18ClNO. The van der Waals surface area contributed by atoms with Crippen LogP contribution in [0.5, 0.6) is 5.75 Å². The maximum atomic E-state index is 5.97. The number of hydrogen-bond donors (Lipinski definition) is 1. The molecule has 1 atom stereocenters. The Kier molecular flexibility index (Phi) is 3.95. The summed E-state index contributed by atoms with van der Waals surface area (Å²) in [4.78, 5) is 0. The van der Waals surface area contributed by atoms with E-state index in [0.717, 1.165) is 30.3 Å². The minimum Gasteiger partial charge on any atom is -0.488 e. The maximum Gasteiger partial charge on any atom is 0.123 e. The average Bonchev–Trinajstić information content (AvgIpc) is 2.80. The number of hydrogen-bond acceptors (Lipinski definition) is 2. The van der Waals surface area contributed by atoms with E-state index in [-0.39, 0.29) is 6.10 Å². The molecule has 3 rings (SSSR count). The molecule has 0 aliphatic carbocycles. The van der Waals surface area contributed by atoms with E-state index >= 15 is 0 Å². The third-order valence-corrected chi connectivity index (χ3v) is 3.78. The third-order valence-electron chi connectivity index (χ3n) is 3.55. The van der Waals surface area contributed by atoms with Crippen LogP contribution >= 0.6 is 11.6 Å². The van der Waals surface area contributed by atoms with Crippen molar-refractivity contribution in [1.29, 1.82) is 0 Å². The average molecular weight is 288 g/mol. The van der Waals surface area contributed by atoms with Crippen LogP contribution in [0.2, 0.25) is 5.02 Å². The van der Waals surface area contributed by atoms with Gasteiger partial charge in [0.1, 0.15) is 11.9 Å². The second-order valence-corrected chi connectivity index (χ2v) is 5.75. The lowest BCUT2D eigenvalue weighted by Gasteiger charge is -2.12. The van der Waals surface area contributed by atoms with Gasteiger partial charge in [0, 0.05) is 24.5 Å². The van der Waals surface area contributed by atoms with Gasteiger partial charge in [-0.05, 0) is 36.2 Å². The minimum absolute atomic E-state index is 0.228. The quantitative estimate of drug-likeness (QED) is 0.925. The largest absolute Gasteiger partial charge is 0.488 e. The topological polar surface area (TPSA) is 21.3 Å². The standard InChI is InChI=1S/C17H18ClNO/c1-12-5-6-17-14(7-12)9-16(20-17)11-19-10-13-3-2-4-15(18)8-13/h2-8,16,19H,9-11H2,1H3. The van der Waals surface area contributed by atoms with Gasteiger partial charge < -0.3 is 10.1 Å². The van der Waals surface area contributed by atoms with E-state index in [2.05, 4.69) is 36.5 Å². The molecule has 1 aliphatic rings. The van der Waals surface area contributed by atoms with E-state index < -0.39 is 0 Å². The van der Waals surface area contributed by atoms with E-state index in [0.29, 0.717) is 0 Å². The zero-order valence-corrected chi connectivity index (χ0v) is 12.3. The van der Waals surface area contributed by atoms with Crippen molar-refractivity contribution in [3.05, 3.63) is 64.2 Å². The lowest BCUT2D eigenvalue weighted by Crippen LogP contribution is -2.29. The maximum absolute atomic E-state index is 5.97. The van der Waals surface area contributed by atoms with Crippen LogP contribution in [0.25, 0.3) is 0 Å². The van der Waals surface area contributed by atoms with Crippen LogP contribution < -0.4 is 10.1 Å². The van der Waals surface area contributed by atoms with E-state index in [1.807, 2.05) is 18.2 Å². The van der Waals surface area contributed by atoms with Gasteiger partial charge >= 0.3 is 0 Å². The van der Waals surface area contributed by atoms with Crippen molar-refractivity contribution in [2.75, 3.05) is 6.54 Å². The Morgan fingerprint density at radius 1 is 1.25 bits per heavy atom. The fraction of sp³-hybridized carbons (Fsp3) is 0.294. The van der Waals surface area contributed by atoms with Crippen molar-refractivity contribution in [2.24, 2.45) is 0 Å². The Bertz CT molecular complexity index is 612. The highest BCUT2D eigenvalue weighted by molar-refractivity contribution is 6.30. The summed E-state index contributed by atoms with van der Waals surface area (Å²) in [6.07, 6.45) is 1.21. The number of halogens is 1. The predicted molar refractivity (Wildman–Crippen MR) is 82.5 cm³/mol. The monoisotopic (exact) mass is 287 g/mol. The van der Waals surface area contributed by atoms with E-state index in [1.54, 1.807) is 0 Å². The van der Waals surface area contributed by atoms with Crippen LogP contribution in [0, 0.1) is 6.92 Å². The highest BCUT2D eigenvalue weighted by atomic mass is 35.5. The van der Waals surface area contributed by atoms with Gasteiger partial charge in [-0.3, -0.25) is 0 Å². The Morgan fingerprint density at radius 3 is 3.00 bits per heavy atom. The van der Waals surface area contributed by atoms with Crippen molar-refractivity contribution in [1.82, 2.24) is 5.32 Å². The Balaban J connectivity index is 1.51. The fourth-order valence-electron chi connectivity index (χ4n) is 2.59. The number of aryl methyl sites for hydroxylation is 1. The van der Waals surface area contributed by atoms with E-state index in [1.165, 1.54) is 16.7 Å². The first-order chi connectivity index (χ1) is 9.70. The molecule has 3 heteroatoms. The predicted octanol–water partition coefficient (Wildman–Crippen LogP) is 3.74. The Morgan fingerprint density at radius 2 is 2.15 bits per heavy atom. The molecular weight excluding hydrogens is 270 g/mol. The molecule has 0 saturated heterocycles. The van der Waals surface area contributed by atoms with Crippen LogP contribution in [0.4, 0.5) is 0 Å². The summed E-state index contributed by atoms with van der Waals surface area (Å²) in [5, 5.41) is 4.22. The number of ether oxygens (including phenoxy) is 1. The van der Waals surface area contributed by atoms with Crippen LogP contribution in [0.15, 0.2) is 42.5 Å². The molecule has 0 saturated carbocycles. The summed E-state index contributed by atoms with van der Waals surface area (Å²) in [5.41, 5.74) is 3.81. The second kappa shape index (κ2) is 5.86. The smallest absolute Gasteiger partial charge is 0.123 e. The van der Waals surface area contributed by atoms with Gasteiger partial charge in [-0.2, -0.15) is 0 Å². The molecule has 0 fully saturated rings. The van der Waals surface area contributed by atoms with E-state index in [9.17, 15) is 0 Å². The third kappa shape index (κ3) is 3.14. The van der Waals surface area contributed by atoms with Crippen LogP contribution in [0.1, 0.15) is 16.7 Å². The minimum atomic E-state index is 0.228. The molecule has 2 nitrogen and oxygen atoms in total. The molecule has 0 aromatic heterocycles. The number of rotatable bonds is 4.